The molecule has 16 heavy (non-hydrogen) atoms. The van der Waals surface area contributed by atoms with Gasteiger partial charge in [0, 0.05) is 6.61 Å². The molecule has 3 N–H and O–H groups in total. The van der Waals surface area contributed by atoms with Gasteiger partial charge in [-0.15, -0.1) is 0 Å². The molecule has 1 saturated heterocycles. The maximum absolute atomic E-state index is 11.9. The van der Waals surface area contributed by atoms with Crippen LogP contribution in [-0.4, -0.2) is 30.7 Å². The van der Waals surface area contributed by atoms with Crippen molar-refractivity contribution in [2.24, 2.45) is 11.7 Å². The Morgan fingerprint density at radius 2 is 2.31 bits per heavy atom. The number of nitrogens with one attached hydrogen (secondary N) is 1. The monoisotopic (exact) mass is 228 g/mol. The van der Waals surface area contributed by atoms with Gasteiger partial charge < -0.3 is 15.8 Å². The molecule has 1 aliphatic rings. The first-order chi connectivity index (χ1) is 7.48. The summed E-state index contributed by atoms with van der Waals surface area (Å²) in [6.45, 7) is 7.45. The minimum Gasteiger partial charge on any atom is -0.379 e. The zero-order valence-corrected chi connectivity index (χ0v) is 10.6. The lowest BCUT2D eigenvalue weighted by Gasteiger charge is -2.35. The number of nitrogens with two attached hydrogens (primary N) is 1. The number of hydrogen-bond donors (Lipinski definition) is 2. The maximum Gasteiger partial charge on any atom is 0.237 e. The molecular weight excluding hydrogens is 204 g/mol. The van der Waals surface area contributed by atoms with E-state index in [1.54, 1.807) is 0 Å². The second-order valence-electron chi connectivity index (χ2n) is 5.12. The molecule has 0 spiro atoms. The fraction of sp³-hybridized carbons (Fsp3) is 0.917. The normalized spacial score (nSPS) is 29.5. The summed E-state index contributed by atoms with van der Waals surface area (Å²) in [7, 11) is 0. The summed E-state index contributed by atoms with van der Waals surface area (Å²) in [4.78, 5) is 11.9. The first-order valence-corrected chi connectivity index (χ1v) is 6.14. The van der Waals surface area contributed by atoms with Crippen LogP contribution in [-0.2, 0) is 9.53 Å². The summed E-state index contributed by atoms with van der Waals surface area (Å²) in [6, 6.07) is -0.413. The highest BCUT2D eigenvalue weighted by atomic mass is 16.5. The first kappa shape index (κ1) is 13.5. The lowest BCUT2D eigenvalue weighted by Crippen LogP contribution is -2.57. The van der Waals surface area contributed by atoms with E-state index < -0.39 is 6.04 Å². The smallest absolute Gasteiger partial charge is 0.237 e. The van der Waals surface area contributed by atoms with Crippen molar-refractivity contribution >= 4 is 5.91 Å². The van der Waals surface area contributed by atoms with Gasteiger partial charge in [-0.2, -0.15) is 0 Å². The Balaban J connectivity index is 2.49. The average Bonchev–Trinajstić information content (AvgIpc) is 2.27. The minimum absolute atomic E-state index is 0.0534. The zero-order chi connectivity index (χ0) is 12.2. The highest BCUT2D eigenvalue weighted by Crippen LogP contribution is 2.19. The number of amides is 1. The molecule has 94 valence electrons. The van der Waals surface area contributed by atoms with Crippen LogP contribution in [0.4, 0.5) is 0 Å². The van der Waals surface area contributed by atoms with Gasteiger partial charge in [-0.05, 0) is 25.7 Å². The predicted molar refractivity (Wildman–Crippen MR) is 64.0 cm³/mol. The summed E-state index contributed by atoms with van der Waals surface area (Å²) < 4.78 is 5.40. The molecule has 0 aromatic carbocycles. The van der Waals surface area contributed by atoms with Crippen molar-refractivity contribution in [3.8, 4) is 0 Å². The quantitative estimate of drug-likeness (QED) is 0.756. The molecule has 0 saturated carbocycles. The molecule has 0 aromatic heterocycles. The third-order valence-electron chi connectivity index (χ3n) is 3.42. The molecule has 0 aromatic rings. The fourth-order valence-electron chi connectivity index (χ4n) is 1.93. The van der Waals surface area contributed by atoms with E-state index >= 15 is 0 Å². The Hall–Kier alpha value is -0.610. The van der Waals surface area contributed by atoms with Gasteiger partial charge in [-0.3, -0.25) is 4.79 Å². The molecular formula is C12H24N2O2. The topological polar surface area (TPSA) is 64.4 Å². The zero-order valence-electron chi connectivity index (χ0n) is 10.6. The number of rotatable bonds is 4. The number of hydrogen-bond acceptors (Lipinski definition) is 3. The molecule has 3 atom stereocenters. The van der Waals surface area contributed by atoms with Gasteiger partial charge in [0.2, 0.25) is 5.91 Å². The van der Waals surface area contributed by atoms with Crippen LogP contribution in [0.25, 0.3) is 0 Å². The average molecular weight is 228 g/mol. The number of carbonyl (C=O) groups excluding carboxylic acids is 1. The van der Waals surface area contributed by atoms with E-state index in [0.717, 1.165) is 25.9 Å². The summed E-state index contributed by atoms with van der Waals surface area (Å²) in [5.41, 5.74) is 5.66. The van der Waals surface area contributed by atoms with Crippen LogP contribution in [0, 0.1) is 5.92 Å². The van der Waals surface area contributed by atoms with Gasteiger partial charge in [-0.25, -0.2) is 0 Å². The van der Waals surface area contributed by atoms with E-state index in [1.165, 1.54) is 0 Å². The molecule has 0 aliphatic carbocycles. The van der Waals surface area contributed by atoms with Crippen molar-refractivity contribution < 1.29 is 9.53 Å². The van der Waals surface area contributed by atoms with Crippen molar-refractivity contribution in [1.29, 1.82) is 0 Å². The Bertz CT molecular complexity index is 237. The van der Waals surface area contributed by atoms with Gasteiger partial charge in [0.25, 0.3) is 0 Å². The van der Waals surface area contributed by atoms with Crippen molar-refractivity contribution in [3.63, 3.8) is 0 Å². The molecule has 2 unspecified atom stereocenters. The molecule has 0 radical (unpaired) electrons. The second-order valence-corrected chi connectivity index (χ2v) is 5.12. The van der Waals surface area contributed by atoms with E-state index in [-0.39, 0.29) is 17.4 Å². The summed E-state index contributed by atoms with van der Waals surface area (Å²) in [5, 5.41) is 3.02. The maximum atomic E-state index is 11.9. The van der Waals surface area contributed by atoms with Crippen LogP contribution >= 0.6 is 0 Å². The molecule has 4 heteroatoms. The third kappa shape index (κ3) is 3.46. The summed E-state index contributed by atoms with van der Waals surface area (Å²) >= 11 is 0. The molecule has 1 aliphatic heterocycles. The number of carbonyl (C=O) groups is 1. The molecule has 1 heterocycles. The number of ether oxygens (including phenoxy) is 1. The predicted octanol–water partition coefficient (Wildman–Crippen LogP) is 1.05. The van der Waals surface area contributed by atoms with Gasteiger partial charge in [0.05, 0.1) is 18.2 Å². The Labute approximate surface area is 97.9 Å². The Kier molecular flexibility index (Phi) is 4.74. The van der Waals surface area contributed by atoms with E-state index in [9.17, 15) is 4.79 Å². The van der Waals surface area contributed by atoms with Crippen LogP contribution in [0.3, 0.4) is 0 Å². The summed E-state index contributed by atoms with van der Waals surface area (Å²) in [6.07, 6.45) is 2.88. The first-order valence-electron chi connectivity index (χ1n) is 6.14. The van der Waals surface area contributed by atoms with Crippen LogP contribution in [0.15, 0.2) is 0 Å². The van der Waals surface area contributed by atoms with Crippen molar-refractivity contribution in [2.45, 2.75) is 51.6 Å². The second kappa shape index (κ2) is 5.64. The Morgan fingerprint density at radius 1 is 1.62 bits per heavy atom. The molecule has 4 nitrogen and oxygen atoms in total. The summed E-state index contributed by atoms with van der Waals surface area (Å²) in [5.74, 6) is 0.162. The third-order valence-corrected chi connectivity index (χ3v) is 3.42. The van der Waals surface area contributed by atoms with Gasteiger partial charge >= 0.3 is 0 Å². The van der Waals surface area contributed by atoms with Crippen LogP contribution in [0.5, 0.6) is 0 Å². The van der Waals surface area contributed by atoms with Crippen LogP contribution in [0.1, 0.15) is 40.0 Å². The lowest BCUT2D eigenvalue weighted by molar-refractivity contribution is -0.127. The van der Waals surface area contributed by atoms with Gasteiger partial charge in [-0.1, -0.05) is 20.3 Å². The highest BCUT2D eigenvalue weighted by Gasteiger charge is 2.31. The minimum atomic E-state index is -0.413. The van der Waals surface area contributed by atoms with E-state index in [0.29, 0.717) is 6.61 Å². The van der Waals surface area contributed by atoms with Gasteiger partial charge in [0.15, 0.2) is 0 Å². The van der Waals surface area contributed by atoms with E-state index in [1.807, 2.05) is 20.8 Å². The fourth-order valence-corrected chi connectivity index (χ4v) is 1.93. The van der Waals surface area contributed by atoms with E-state index in [4.69, 9.17) is 10.5 Å². The van der Waals surface area contributed by atoms with E-state index in [2.05, 4.69) is 5.32 Å². The Morgan fingerprint density at radius 3 is 2.81 bits per heavy atom. The van der Waals surface area contributed by atoms with Crippen molar-refractivity contribution in [1.82, 2.24) is 5.32 Å². The molecule has 1 rings (SSSR count). The molecule has 0 bridgehead atoms. The van der Waals surface area contributed by atoms with Crippen LogP contribution in [0.2, 0.25) is 0 Å². The standard InChI is InChI=1S/C12H24N2O2/c1-4-9(2)10(13)11(15)14-12(3)6-5-7-16-8-12/h9-10H,4-8,13H2,1-3H3,(H,14,15)/t9?,10-,12?/m0/s1. The SMILES string of the molecule is CCC(C)[C@H](N)C(=O)NC1(C)CCCOC1. The van der Waals surface area contributed by atoms with Crippen LogP contribution < -0.4 is 11.1 Å². The largest absolute Gasteiger partial charge is 0.379 e. The lowest BCUT2D eigenvalue weighted by atomic mass is 9.92. The van der Waals surface area contributed by atoms with Gasteiger partial charge in [0.1, 0.15) is 0 Å². The highest BCUT2D eigenvalue weighted by molar-refractivity contribution is 5.82. The van der Waals surface area contributed by atoms with Crippen molar-refractivity contribution in [3.05, 3.63) is 0 Å². The molecule has 1 fully saturated rings. The molecule has 1 amide bonds. The van der Waals surface area contributed by atoms with Crippen molar-refractivity contribution in [2.75, 3.05) is 13.2 Å².